The molecule has 2 aliphatic rings. The second-order valence-corrected chi connectivity index (χ2v) is 5.98. The number of carbonyl (C=O) groups is 1. The average molecular weight is 304 g/mol. The highest BCUT2D eigenvalue weighted by Crippen LogP contribution is 2.25. The van der Waals surface area contributed by atoms with Crippen LogP contribution >= 0.6 is 0 Å². The second kappa shape index (κ2) is 7.07. The first-order chi connectivity index (χ1) is 10.7. The van der Waals surface area contributed by atoms with Crippen LogP contribution in [-0.4, -0.2) is 48.1 Å². The van der Waals surface area contributed by atoms with E-state index in [1.165, 1.54) is 38.9 Å². The third-order valence-electron chi connectivity index (χ3n) is 4.23. The molecule has 0 aliphatic carbocycles. The fourth-order valence-corrected chi connectivity index (χ4v) is 3.03. The van der Waals surface area contributed by atoms with E-state index in [2.05, 4.69) is 27.4 Å². The van der Waals surface area contributed by atoms with Gasteiger partial charge >= 0.3 is 0 Å². The molecule has 3 rings (SSSR count). The molecule has 6 nitrogen and oxygen atoms in total. The van der Waals surface area contributed by atoms with Crippen LogP contribution in [0.1, 0.15) is 31.9 Å². The summed E-state index contributed by atoms with van der Waals surface area (Å²) in [6, 6.07) is 4.38. The number of aromatic nitrogens is 1. The molecule has 0 unspecified atom stereocenters. The van der Waals surface area contributed by atoms with Gasteiger partial charge in [-0.05, 0) is 51.0 Å². The van der Waals surface area contributed by atoms with E-state index in [4.69, 9.17) is 4.74 Å². The number of ether oxygens (including phenoxy) is 1. The Morgan fingerprint density at radius 2 is 2.23 bits per heavy atom. The van der Waals surface area contributed by atoms with E-state index in [0.717, 1.165) is 12.2 Å². The smallest absolute Gasteiger partial charge is 0.263 e. The van der Waals surface area contributed by atoms with Crippen molar-refractivity contribution in [3.8, 4) is 5.75 Å². The molecule has 0 aromatic carbocycles. The molecule has 1 amide bonds. The average Bonchev–Trinajstić information content (AvgIpc) is 2.54. The number of rotatable bonds is 5. The van der Waals surface area contributed by atoms with E-state index in [9.17, 15) is 4.79 Å². The number of hydrogen-bond donors (Lipinski definition) is 2. The van der Waals surface area contributed by atoms with Crippen molar-refractivity contribution in [1.82, 2.24) is 15.2 Å². The highest BCUT2D eigenvalue weighted by molar-refractivity contribution is 5.94. The van der Waals surface area contributed by atoms with E-state index in [0.29, 0.717) is 17.6 Å². The molecule has 0 atom stereocenters. The normalized spacial score (nSPS) is 19.4. The van der Waals surface area contributed by atoms with Gasteiger partial charge in [0.05, 0.1) is 5.69 Å². The summed E-state index contributed by atoms with van der Waals surface area (Å²) in [5.74, 6) is 1.04. The van der Waals surface area contributed by atoms with E-state index < -0.39 is 0 Å². The monoisotopic (exact) mass is 304 g/mol. The molecule has 120 valence electrons. The van der Waals surface area contributed by atoms with Crippen molar-refractivity contribution in [2.75, 3.05) is 31.6 Å². The topological polar surface area (TPSA) is 66.5 Å². The van der Waals surface area contributed by atoms with E-state index in [-0.39, 0.29) is 12.5 Å². The maximum atomic E-state index is 11.3. The van der Waals surface area contributed by atoms with Crippen LogP contribution in [0.25, 0.3) is 0 Å². The molecule has 3 heterocycles. The minimum atomic E-state index is -0.145. The van der Waals surface area contributed by atoms with Crippen LogP contribution in [0.5, 0.6) is 5.75 Å². The summed E-state index contributed by atoms with van der Waals surface area (Å²) in [6.07, 6.45) is 3.60. The van der Waals surface area contributed by atoms with Gasteiger partial charge in [0.25, 0.3) is 5.91 Å². The summed E-state index contributed by atoms with van der Waals surface area (Å²) in [4.78, 5) is 18.3. The molecule has 1 aromatic rings. The second-order valence-electron chi connectivity index (χ2n) is 5.98. The minimum Gasteiger partial charge on any atom is -0.480 e. The molecular weight excluding hydrogens is 280 g/mol. The van der Waals surface area contributed by atoms with Gasteiger partial charge in [-0.2, -0.15) is 0 Å². The lowest BCUT2D eigenvalue weighted by Gasteiger charge is -2.32. The lowest BCUT2D eigenvalue weighted by atomic mass is 10.0. The predicted molar refractivity (Wildman–Crippen MR) is 85.0 cm³/mol. The summed E-state index contributed by atoms with van der Waals surface area (Å²) in [5, 5.41) is 6.32. The van der Waals surface area contributed by atoms with E-state index >= 15 is 0 Å². The van der Waals surface area contributed by atoms with Gasteiger partial charge in [-0.1, -0.05) is 6.92 Å². The molecule has 2 aliphatic heterocycles. The molecule has 0 saturated carbocycles. The van der Waals surface area contributed by atoms with Crippen LogP contribution in [0.15, 0.2) is 12.1 Å². The van der Waals surface area contributed by atoms with Crippen molar-refractivity contribution in [2.24, 2.45) is 0 Å². The van der Waals surface area contributed by atoms with Crippen LogP contribution in [0.2, 0.25) is 0 Å². The van der Waals surface area contributed by atoms with Gasteiger partial charge in [-0.25, -0.2) is 4.98 Å². The molecule has 0 spiro atoms. The Bertz CT molecular complexity index is 527. The van der Waals surface area contributed by atoms with E-state index in [1.807, 2.05) is 12.1 Å². The van der Waals surface area contributed by atoms with Crippen molar-refractivity contribution >= 4 is 11.7 Å². The number of nitrogens with zero attached hydrogens (tertiary/aromatic N) is 2. The van der Waals surface area contributed by atoms with E-state index in [1.54, 1.807) is 0 Å². The summed E-state index contributed by atoms with van der Waals surface area (Å²) < 4.78 is 5.32. The van der Waals surface area contributed by atoms with Crippen molar-refractivity contribution in [3.63, 3.8) is 0 Å². The van der Waals surface area contributed by atoms with Gasteiger partial charge in [0.1, 0.15) is 0 Å². The molecule has 22 heavy (non-hydrogen) atoms. The Hall–Kier alpha value is -1.66. The van der Waals surface area contributed by atoms with Crippen molar-refractivity contribution in [2.45, 2.75) is 38.8 Å². The molecule has 1 aromatic heterocycles. The molecule has 1 fully saturated rings. The van der Waals surface area contributed by atoms with Crippen molar-refractivity contribution < 1.29 is 9.53 Å². The van der Waals surface area contributed by atoms with Gasteiger partial charge in [0.15, 0.2) is 18.2 Å². The third-order valence-corrected chi connectivity index (χ3v) is 4.23. The lowest BCUT2D eigenvalue weighted by Crippen LogP contribution is -2.42. The predicted octanol–water partition coefficient (Wildman–Crippen LogP) is 1.38. The lowest BCUT2D eigenvalue weighted by molar-refractivity contribution is -0.118. The van der Waals surface area contributed by atoms with Crippen molar-refractivity contribution in [3.05, 3.63) is 17.8 Å². The summed E-state index contributed by atoms with van der Waals surface area (Å²) in [6.45, 7) is 6.58. The molecule has 0 radical (unpaired) electrons. The number of fused-ring (bicyclic) bond motifs is 1. The maximum Gasteiger partial charge on any atom is 0.263 e. The molecule has 1 saturated heterocycles. The van der Waals surface area contributed by atoms with Gasteiger partial charge in [0, 0.05) is 12.6 Å². The zero-order valence-corrected chi connectivity index (χ0v) is 13.1. The number of hydrogen-bond acceptors (Lipinski definition) is 5. The Kier molecular flexibility index (Phi) is 4.90. The Morgan fingerprint density at radius 3 is 3.00 bits per heavy atom. The van der Waals surface area contributed by atoms with Gasteiger partial charge < -0.3 is 20.3 Å². The number of likely N-dealkylation sites (tertiary alicyclic amines) is 1. The molecule has 0 bridgehead atoms. The summed E-state index contributed by atoms with van der Waals surface area (Å²) in [7, 11) is 0. The molecule has 2 N–H and O–H groups in total. The largest absolute Gasteiger partial charge is 0.480 e. The number of amides is 1. The number of piperidine rings is 1. The number of pyridine rings is 1. The maximum absolute atomic E-state index is 11.3. The first-order valence-electron chi connectivity index (χ1n) is 8.13. The quantitative estimate of drug-likeness (QED) is 0.860. The SMILES string of the molecule is CCCN1CCC(NCc2ccc3c(n2)NC(=O)CO3)CC1. The molecule has 6 heteroatoms. The zero-order valence-electron chi connectivity index (χ0n) is 13.1. The number of nitrogens with one attached hydrogen (secondary N) is 2. The number of carbonyl (C=O) groups excluding carboxylic acids is 1. The van der Waals surface area contributed by atoms with Crippen LogP contribution in [0.4, 0.5) is 5.82 Å². The van der Waals surface area contributed by atoms with Gasteiger partial charge in [0.2, 0.25) is 0 Å². The Morgan fingerprint density at radius 1 is 1.41 bits per heavy atom. The van der Waals surface area contributed by atoms with Crippen LogP contribution < -0.4 is 15.4 Å². The highest BCUT2D eigenvalue weighted by Gasteiger charge is 2.20. The highest BCUT2D eigenvalue weighted by atomic mass is 16.5. The fourth-order valence-electron chi connectivity index (χ4n) is 3.03. The fraction of sp³-hybridized carbons (Fsp3) is 0.625. The number of anilines is 1. The standard InChI is InChI=1S/C16H24N4O2/c1-2-7-20-8-5-12(6-9-20)17-10-13-3-4-14-16(18-13)19-15(21)11-22-14/h3-4,12,17H,2,5-11H2,1H3,(H,18,19,21). The van der Waals surface area contributed by atoms with Crippen LogP contribution in [0, 0.1) is 0 Å². The first kappa shape index (κ1) is 15.2. The zero-order chi connectivity index (χ0) is 15.4. The summed E-state index contributed by atoms with van der Waals surface area (Å²) >= 11 is 0. The first-order valence-corrected chi connectivity index (χ1v) is 8.13. The van der Waals surface area contributed by atoms with Crippen LogP contribution in [0.3, 0.4) is 0 Å². The van der Waals surface area contributed by atoms with Gasteiger partial charge in [-0.15, -0.1) is 0 Å². The summed E-state index contributed by atoms with van der Waals surface area (Å²) in [5.41, 5.74) is 0.931. The van der Waals surface area contributed by atoms with Gasteiger partial charge in [-0.3, -0.25) is 4.79 Å². The minimum absolute atomic E-state index is 0.0720. The molecular formula is C16H24N4O2. The van der Waals surface area contributed by atoms with Crippen LogP contribution in [-0.2, 0) is 11.3 Å². The van der Waals surface area contributed by atoms with Crippen molar-refractivity contribution in [1.29, 1.82) is 0 Å². The Labute approximate surface area is 131 Å². The Balaban J connectivity index is 1.50. The third kappa shape index (κ3) is 3.75.